The van der Waals surface area contributed by atoms with Gasteiger partial charge in [0.1, 0.15) is 5.82 Å². The van der Waals surface area contributed by atoms with Gasteiger partial charge in [0, 0.05) is 19.5 Å². The molecule has 1 aromatic carbocycles. The minimum absolute atomic E-state index is 0.0138. The van der Waals surface area contributed by atoms with Crippen LogP contribution in [0.25, 0.3) is 0 Å². The second-order valence-electron chi connectivity index (χ2n) is 3.43. The summed E-state index contributed by atoms with van der Waals surface area (Å²) in [5.74, 6) is -0.368. The van der Waals surface area contributed by atoms with Gasteiger partial charge in [-0.25, -0.2) is 12.8 Å². The number of halogens is 2. The molecule has 3 nitrogen and oxygen atoms in total. The van der Waals surface area contributed by atoms with E-state index in [1.54, 1.807) is 6.92 Å². The van der Waals surface area contributed by atoms with Crippen molar-refractivity contribution in [3.8, 4) is 0 Å². The molecule has 0 amide bonds. The summed E-state index contributed by atoms with van der Waals surface area (Å²) in [5, 5.41) is 0. The van der Waals surface area contributed by atoms with E-state index in [2.05, 4.69) is 0 Å². The Morgan fingerprint density at radius 1 is 1.44 bits per heavy atom. The van der Waals surface area contributed by atoms with Gasteiger partial charge < -0.3 is 0 Å². The molecule has 6 heteroatoms. The maximum atomic E-state index is 13.0. The smallest absolute Gasteiger partial charge is 0.207 e. The van der Waals surface area contributed by atoms with Gasteiger partial charge in [0.05, 0.1) is 4.90 Å². The minimum atomic E-state index is -3.65. The molecule has 0 bridgehead atoms. The van der Waals surface area contributed by atoms with Crippen molar-refractivity contribution in [3.63, 3.8) is 0 Å². The number of nitrogens with zero attached hydrogens (tertiary/aromatic N) is 1. The molecule has 0 spiro atoms. The van der Waals surface area contributed by atoms with E-state index in [1.807, 2.05) is 0 Å². The van der Waals surface area contributed by atoms with E-state index in [9.17, 15) is 12.8 Å². The van der Waals surface area contributed by atoms with Crippen LogP contribution in [0.3, 0.4) is 0 Å². The molecule has 0 aromatic heterocycles. The van der Waals surface area contributed by atoms with Gasteiger partial charge in [0.15, 0.2) is 0 Å². The summed E-state index contributed by atoms with van der Waals surface area (Å²) in [6, 6.07) is 3.70. The lowest BCUT2D eigenvalue weighted by Crippen LogP contribution is -2.29. The van der Waals surface area contributed by atoms with Crippen LogP contribution in [0.5, 0.6) is 0 Å². The zero-order chi connectivity index (χ0) is 12.3. The molecular weight excluding hydrogens is 253 g/mol. The fourth-order valence-corrected chi connectivity index (χ4v) is 3.02. The van der Waals surface area contributed by atoms with Gasteiger partial charge >= 0.3 is 0 Å². The molecule has 1 rings (SSSR count). The normalized spacial score (nSPS) is 12.1. The third-order valence-corrected chi connectivity index (χ3v) is 4.41. The van der Waals surface area contributed by atoms with Crippen molar-refractivity contribution in [2.75, 3.05) is 19.5 Å². The predicted octanol–water partition coefficient (Wildman–Crippen LogP) is 1.99. The van der Waals surface area contributed by atoms with Crippen LogP contribution in [0.15, 0.2) is 23.1 Å². The molecule has 0 aliphatic carbocycles. The lowest BCUT2D eigenvalue weighted by atomic mass is 10.2. The second-order valence-corrected chi connectivity index (χ2v) is 5.82. The fourth-order valence-electron chi connectivity index (χ4n) is 1.26. The van der Waals surface area contributed by atoms with Gasteiger partial charge in [-0.3, -0.25) is 0 Å². The number of alkyl halides is 1. The van der Waals surface area contributed by atoms with Crippen molar-refractivity contribution in [1.29, 1.82) is 0 Å². The lowest BCUT2D eigenvalue weighted by molar-refractivity contribution is 0.486. The minimum Gasteiger partial charge on any atom is -0.207 e. The molecule has 0 aliphatic heterocycles. The largest absolute Gasteiger partial charge is 0.243 e. The van der Waals surface area contributed by atoms with Crippen molar-refractivity contribution in [3.05, 3.63) is 29.6 Å². The molecule has 0 radical (unpaired) electrons. The summed E-state index contributed by atoms with van der Waals surface area (Å²) >= 11 is 5.48. The highest BCUT2D eigenvalue weighted by molar-refractivity contribution is 7.89. The lowest BCUT2D eigenvalue weighted by Gasteiger charge is -2.17. The summed E-state index contributed by atoms with van der Waals surface area (Å²) in [6.45, 7) is 1.82. The molecule has 0 unspecified atom stereocenters. The zero-order valence-electron chi connectivity index (χ0n) is 9.07. The number of rotatable bonds is 4. The fraction of sp³-hybridized carbons (Fsp3) is 0.400. The van der Waals surface area contributed by atoms with Gasteiger partial charge in [0.25, 0.3) is 0 Å². The highest BCUT2D eigenvalue weighted by Crippen LogP contribution is 2.19. The predicted molar refractivity (Wildman–Crippen MR) is 61.7 cm³/mol. The molecule has 0 aliphatic rings. The maximum Gasteiger partial charge on any atom is 0.243 e. The zero-order valence-corrected chi connectivity index (χ0v) is 10.6. The van der Waals surface area contributed by atoms with Gasteiger partial charge in [-0.15, -0.1) is 11.6 Å². The Labute approximate surface area is 99.9 Å². The van der Waals surface area contributed by atoms with Crippen molar-refractivity contribution >= 4 is 21.6 Å². The summed E-state index contributed by atoms with van der Waals surface area (Å²) in [6.07, 6.45) is 0. The van der Waals surface area contributed by atoms with Gasteiger partial charge in [-0.1, -0.05) is 6.07 Å². The molecule has 16 heavy (non-hydrogen) atoms. The van der Waals surface area contributed by atoms with Crippen molar-refractivity contribution < 1.29 is 12.8 Å². The van der Waals surface area contributed by atoms with E-state index < -0.39 is 15.8 Å². The van der Waals surface area contributed by atoms with Crippen LogP contribution in [0.2, 0.25) is 0 Å². The van der Waals surface area contributed by atoms with E-state index in [-0.39, 0.29) is 17.3 Å². The van der Waals surface area contributed by atoms with Gasteiger partial charge in [0.2, 0.25) is 10.0 Å². The Balaban J connectivity index is 3.21. The third kappa shape index (κ3) is 2.72. The average molecular weight is 266 g/mol. The van der Waals surface area contributed by atoms with E-state index in [0.717, 1.165) is 10.4 Å². The van der Waals surface area contributed by atoms with Crippen LogP contribution in [0.1, 0.15) is 5.56 Å². The first-order chi connectivity index (χ1) is 7.39. The molecule has 0 atom stereocenters. The molecule has 0 heterocycles. The van der Waals surface area contributed by atoms with Crippen LogP contribution < -0.4 is 0 Å². The van der Waals surface area contributed by atoms with Crippen LogP contribution in [0.4, 0.5) is 4.39 Å². The number of hydrogen-bond acceptors (Lipinski definition) is 2. The van der Waals surface area contributed by atoms with Gasteiger partial charge in [-0.05, 0) is 24.6 Å². The molecule has 1 aromatic rings. The Kier molecular flexibility index (Phi) is 4.29. The average Bonchev–Trinajstić information content (AvgIpc) is 2.22. The Hall–Kier alpha value is -0.650. The molecule has 0 saturated carbocycles. The van der Waals surface area contributed by atoms with Crippen molar-refractivity contribution in [2.24, 2.45) is 0 Å². The Morgan fingerprint density at radius 3 is 2.62 bits per heavy atom. The summed E-state index contributed by atoms with van der Waals surface area (Å²) in [4.78, 5) is -0.0138. The Morgan fingerprint density at radius 2 is 2.06 bits per heavy atom. The van der Waals surface area contributed by atoms with Crippen LogP contribution in [-0.4, -0.2) is 32.2 Å². The topological polar surface area (TPSA) is 37.4 Å². The first-order valence-corrected chi connectivity index (χ1v) is 6.65. The van der Waals surface area contributed by atoms with E-state index in [4.69, 9.17) is 11.6 Å². The number of hydrogen-bond donors (Lipinski definition) is 0. The first-order valence-electron chi connectivity index (χ1n) is 4.68. The summed E-state index contributed by atoms with van der Waals surface area (Å²) in [5.41, 5.74) is 0.517. The third-order valence-electron chi connectivity index (χ3n) is 2.24. The molecule has 0 fully saturated rings. The van der Waals surface area contributed by atoms with Gasteiger partial charge in [-0.2, -0.15) is 4.31 Å². The van der Waals surface area contributed by atoms with Crippen LogP contribution >= 0.6 is 11.6 Å². The standard InChI is InChI=1S/C10H13ClFNO2S/c1-8-3-4-9(12)7-10(8)16(14,15)13(2)6-5-11/h3-4,7H,5-6H2,1-2H3. The molecular formula is C10H13ClFNO2S. The molecule has 0 N–H and O–H groups in total. The number of sulfonamides is 1. The molecule has 90 valence electrons. The SMILES string of the molecule is Cc1ccc(F)cc1S(=O)(=O)N(C)CCCl. The van der Waals surface area contributed by atoms with Crippen LogP contribution in [0, 0.1) is 12.7 Å². The van der Waals surface area contributed by atoms with Crippen LogP contribution in [-0.2, 0) is 10.0 Å². The maximum absolute atomic E-state index is 13.0. The van der Waals surface area contributed by atoms with E-state index >= 15 is 0 Å². The molecule has 0 saturated heterocycles. The first kappa shape index (κ1) is 13.4. The quantitative estimate of drug-likeness (QED) is 0.781. The number of aryl methyl sites for hydroxylation is 1. The Bertz CT molecular complexity index is 476. The van der Waals surface area contributed by atoms with E-state index in [0.29, 0.717) is 5.56 Å². The van der Waals surface area contributed by atoms with Crippen molar-refractivity contribution in [2.45, 2.75) is 11.8 Å². The number of benzene rings is 1. The second kappa shape index (κ2) is 5.12. The monoisotopic (exact) mass is 265 g/mol. The van der Waals surface area contributed by atoms with E-state index in [1.165, 1.54) is 19.2 Å². The summed E-state index contributed by atoms with van der Waals surface area (Å²) in [7, 11) is -2.23. The summed E-state index contributed by atoms with van der Waals surface area (Å²) < 4.78 is 38.1. The highest BCUT2D eigenvalue weighted by atomic mass is 35.5. The highest BCUT2D eigenvalue weighted by Gasteiger charge is 2.22. The van der Waals surface area contributed by atoms with Crippen molar-refractivity contribution in [1.82, 2.24) is 4.31 Å².